The smallest absolute Gasteiger partial charge is 0.232 e. The Morgan fingerprint density at radius 2 is 2.08 bits per heavy atom. The summed E-state index contributed by atoms with van der Waals surface area (Å²) >= 11 is 1.81. The van der Waals surface area contributed by atoms with Crippen molar-refractivity contribution >= 4 is 39.0 Å². The lowest BCUT2D eigenvalue weighted by atomic mass is 9.96. The van der Waals surface area contributed by atoms with Crippen molar-refractivity contribution in [2.45, 2.75) is 38.0 Å². The molecule has 1 aliphatic heterocycles. The van der Waals surface area contributed by atoms with E-state index >= 15 is 0 Å². The monoisotopic (exact) mass is 364 g/mol. The number of nitrogens with zero attached hydrogens (tertiary/aromatic N) is 2. The summed E-state index contributed by atoms with van der Waals surface area (Å²) in [5.74, 6) is 0.919. The van der Waals surface area contributed by atoms with Gasteiger partial charge in [-0.1, -0.05) is 18.2 Å². The number of carbonyl (C=O) groups is 1. The number of nitrogens with one attached hydrogen (secondary N) is 2. The minimum Gasteiger partial charge on any atom is -0.369 e. The van der Waals surface area contributed by atoms with Crippen LogP contribution >= 0.6 is 11.3 Å². The average Bonchev–Trinajstić information content (AvgIpc) is 3.20. The van der Waals surface area contributed by atoms with Crippen molar-refractivity contribution in [3.05, 3.63) is 46.6 Å². The summed E-state index contributed by atoms with van der Waals surface area (Å²) in [4.78, 5) is 23.8. The van der Waals surface area contributed by atoms with Gasteiger partial charge in [0.25, 0.3) is 0 Å². The Morgan fingerprint density at radius 3 is 3.04 bits per heavy atom. The van der Waals surface area contributed by atoms with Gasteiger partial charge in [0.05, 0.1) is 11.3 Å². The predicted molar refractivity (Wildman–Crippen MR) is 105 cm³/mol. The Bertz CT molecular complexity index is 997. The first-order chi connectivity index (χ1) is 12.8. The summed E-state index contributed by atoms with van der Waals surface area (Å²) in [6.07, 6.45) is 7.19. The van der Waals surface area contributed by atoms with Crippen LogP contribution in [0.2, 0.25) is 0 Å². The van der Waals surface area contributed by atoms with E-state index in [0.717, 1.165) is 41.2 Å². The number of rotatable bonds is 4. The first-order valence-corrected chi connectivity index (χ1v) is 10.0. The van der Waals surface area contributed by atoms with Gasteiger partial charge in [0.1, 0.15) is 17.0 Å². The molecule has 132 valence electrons. The molecular formula is C20H20N4OS. The highest BCUT2D eigenvalue weighted by Gasteiger charge is 2.29. The van der Waals surface area contributed by atoms with Crippen molar-refractivity contribution in [3.8, 4) is 0 Å². The largest absolute Gasteiger partial charge is 0.369 e. The van der Waals surface area contributed by atoms with Crippen LogP contribution in [0, 0.1) is 0 Å². The van der Waals surface area contributed by atoms with Crippen LogP contribution in [0.1, 0.15) is 41.2 Å². The SMILES string of the molecule is O=C1Nc2ccccc2C1CCNc1ncnc2sc3c(c12)CCCC3. The molecule has 1 atom stereocenters. The molecule has 5 nitrogen and oxygen atoms in total. The summed E-state index contributed by atoms with van der Waals surface area (Å²) < 4.78 is 0. The van der Waals surface area contributed by atoms with Crippen LogP contribution in [-0.4, -0.2) is 22.4 Å². The molecule has 1 unspecified atom stereocenters. The highest BCUT2D eigenvalue weighted by atomic mass is 32.1. The molecule has 1 amide bonds. The summed E-state index contributed by atoms with van der Waals surface area (Å²) in [7, 11) is 0. The van der Waals surface area contributed by atoms with Crippen molar-refractivity contribution in [1.29, 1.82) is 0 Å². The van der Waals surface area contributed by atoms with Gasteiger partial charge in [-0.2, -0.15) is 0 Å². The normalized spacial score (nSPS) is 18.5. The first-order valence-electron chi connectivity index (χ1n) is 9.20. The second-order valence-corrected chi connectivity index (χ2v) is 8.04. The highest BCUT2D eigenvalue weighted by Crippen LogP contribution is 2.38. The Hall–Kier alpha value is -2.47. The molecule has 0 spiro atoms. The van der Waals surface area contributed by atoms with Crippen LogP contribution in [0.4, 0.5) is 11.5 Å². The van der Waals surface area contributed by atoms with Crippen LogP contribution in [0.25, 0.3) is 10.2 Å². The maximum absolute atomic E-state index is 12.3. The van der Waals surface area contributed by atoms with Gasteiger partial charge in [-0.25, -0.2) is 9.97 Å². The molecular weight excluding hydrogens is 344 g/mol. The highest BCUT2D eigenvalue weighted by molar-refractivity contribution is 7.19. The van der Waals surface area contributed by atoms with E-state index in [1.807, 2.05) is 35.6 Å². The van der Waals surface area contributed by atoms with Gasteiger partial charge in [0.15, 0.2) is 0 Å². The molecule has 6 heteroatoms. The van der Waals surface area contributed by atoms with E-state index in [4.69, 9.17) is 0 Å². The molecule has 2 aromatic heterocycles. The van der Waals surface area contributed by atoms with Crippen molar-refractivity contribution < 1.29 is 4.79 Å². The lowest BCUT2D eigenvalue weighted by molar-refractivity contribution is -0.117. The minimum atomic E-state index is -0.0904. The lowest BCUT2D eigenvalue weighted by Gasteiger charge is -2.13. The zero-order chi connectivity index (χ0) is 17.5. The average molecular weight is 364 g/mol. The number of fused-ring (bicyclic) bond motifs is 4. The fraction of sp³-hybridized carbons (Fsp3) is 0.350. The molecule has 1 aliphatic carbocycles. The van der Waals surface area contributed by atoms with Gasteiger partial charge in [0.2, 0.25) is 5.91 Å². The number of para-hydroxylation sites is 1. The third kappa shape index (κ3) is 2.56. The molecule has 3 heterocycles. The van der Waals surface area contributed by atoms with Gasteiger partial charge < -0.3 is 10.6 Å². The number of amides is 1. The molecule has 2 aliphatic rings. The molecule has 0 saturated carbocycles. The lowest BCUT2D eigenvalue weighted by Crippen LogP contribution is -2.16. The first kappa shape index (κ1) is 15.8. The molecule has 0 saturated heterocycles. The predicted octanol–water partition coefficient (Wildman–Crippen LogP) is 4.11. The Kier molecular flexibility index (Phi) is 3.85. The van der Waals surface area contributed by atoms with Crippen LogP contribution in [-0.2, 0) is 17.6 Å². The van der Waals surface area contributed by atoms with Crippen molar-refractivity contribution in [3.63, 3.8) is 0 Å². The molecule has 5 rings (SSSR count). The van der Waals surface area contributed by atoms with E-state index < -0.39 is 0 Å². The van der Waals surface area contributed by atoms with Crippen LogP contribution in [0.15, 0.2) is 30.6 Å². The Labute approximate surface area is 155 Å². The van der Waals surface area contributed by atoms with Crippen LogP contribution in [0.3, 0.4) is 0 Å². The summed E-state index contributed by atoms with van der Waals surface area (Å²) in [6, 6.07) is 7.95. The number of thiophene rings is 1. The van der Waals surface area contributed by atoms with Gasteiger partial charge in [-0.3, -0.25) is 4.79 Å². The van der Waals surface area contributed by atoms with Crippen molar-refractivity contribution in [2.75, 3.05) is 17.2 Å². The summed E-state index contributed by atoms with van der Waals surface area (Å²) in [5.41, 5.74) is 3.47. The number of aryl methyl sites for hydroxylation is 2. The standard InChI is InChI=1S/C20H20N4OS/c25-19-13(12-5-1-3-7-15(12)24-19)9-10-21-18-17-14-6-2-4-8-16(14)26-20(17)23-11-22-18/h1,3,5,7,11,13H,2,4,6,8-10H2,(H,24,25)(H,21,22,23). The van der Waals surface area contributed by atoms with Gasteiger partial charge in [-0.05, 0) is 49.3 Å². The fourth-order valence-corrected chi connectivity index (χ4v) is 5.35. The Balaban J connectivity index is 1.36. The van der Waals surface area contributed by atoms with E-state index in [9.17, 15) is 4.79 Å². The number of hydrogen-bond donors (Lipinski definition) is 2. The number of carbonyl (C=O) groups excluding carboxylic acids is 1. The second kappa shape index (κ2) is 6.36. The topological polar surface area (TPSA) is 66.9 Å². The molecule has 3 aromatic rings. The third-order valence-electron chi connectivity index (χ3n) is 5.39. The van der Waals surface area contributed by atoms with E-state index in [1.54, 1.807) is 6.33 Å². The fourth-order valence-electron chi connectivity index (χ4n) is 4.12. The van der Waals surface area contributed by atoms with Gasteiger partial charge in [-0.15, -0.1) is 11.3 Å². The second-order valence-electron chi connectivity index (χ2n) is 6.96. The van der Waals surface area contributed by atoms with Gasteiger partial charge in [0, 0.05) is 17.1 Å². The van der Waals surface area contributed by atoms with E-state index in [0.29, 0.717) is 6.54 Å². The zero-order valence-corrected chi connectivity index (χ0v) is 15.2. The van der Waals surface area contributed by atoms with E-state index in [-0.39, 0.29) is 11.8 Å². The zero-order valence-electron chi connectivity index (χ0n) is 14.4. The summed E-state index contributed by atoms with van der Waals surface area (Å²) in [6.45, 7) is 0.711. The maximum atomic E-state index is 12.3. The maximum Gasteiger partial charge on any atom is 0.232 e. The van der Waals surface area contributed by atoms with E-state index in [1.165, 1.54) is 28.7 Å². The molecule has 0 radical (unpaired) electrons. The number of aromatic nitrogens is 2. The summed E-state index contributed by atoms with van der Waals surface area (Å²) in [5, 5.41) is 7.65. The number of hydrogen-bond acceptors (Lipinski definition) is 5. The van der Waals surface area contributed by atoms with Crippen molar-refractivity contribution in [2.24, 2.45) is 0 Å². The molecule has 2 N–H and O–H groups in total. The van der Waals surface area contributed by atoms with Crippen molar-refractivity contribution in [1.82, 2.24) is 9.97 Å². The van der Waals surface area contributed by atoms with E-state index in [2.05, 4.69) is 20.6 Å². The third-order valence-corrected chi connectivity index (χ3v) is 6.59. The molecule has 0 fully saturated rings. The van der Waals surface area contributed by atoms with Crippen LogP contribution in [0.5, 0.6) is 0 Å². The number of benzene rings is 1. The molecule has 1 aromatic carbocycles. The molecule has 26 heavy (non-hydrogen) atoms. The van der Waals surface area contributed by atoms with Crippen LogP contribution < -0.4 is 10.6 Å². The minimum absolute atomic E-state index is 0.0904. The number of anilines is 2. The Morgan fingerprint density at radius 1 is 1.19 bits per heavy atom. The quantitative estimate of drug-likeness (QED) is 0.731. The molecule has 0 bridgehead atoms. The van der Waals surface area contributed by atoms with Gasteiger partial charge >= 0.3 is 0 Å².